The number of rotatable bonds is 7. The summed E-state index contributed by atoms with van der Waals surface area (Å²) in [6, 6.07) is 18.8. The number of anilines is 1. The third-order valence-electron chi connectivity index (χ3n) is 6.29. The standard InChI is InChI=1S/C29H25ClN2O4S/c1-3-15-36-21-12-8-18(9-13-21)25-24(26(33)19-6-10-20(30)11-7-19)27(34)28(35)32(25)29-31-22-14-5-17(4-2)16-23(22)37-29/h5-14,16,25,33H,3-4,15H2,1-2H3/b26-24+. The topological polar surface area (TPSA) is 79.7 Å². The Morgan fingerprint density at radius 1 is 1.05 bits per heavy atom. The van der Waals surface area contributed by atoms with Gasteiger partial charge in [0.05, 0.1) is 28.4 Å². The van der Waals surface area contributed by atoms with Gasteiger partial charge in [-0.25, -0.2) is 4.98 Å². The molecular formula is C29H25ClN2O4S. The number of carbonyl (C=O) groups excluding carboxylic acids is 2. The quantitative estimate of drug-likeness (QED) is 0.159. The Bertz CT molecular complexity index is 1510. The van der Waals surface area contributed by atoms with Gasteiger partial charge in [-0.05, 0) is 72.5 Å². The van der Waals surface area contributed by atoms with Crippen molar-refractivity contribution in [2.24, 2.45) is 0 Å². The Morgan fingerprint density at radius 3 is 2.46 bits per heavy atom. The molecule has 8 heteroatoms. The van der Waals surface area contributed by atoms with Crippen LogP contribution in [0.4, 0.5) is 5.13 Å². The van der Waals surface area contributed by atoms with Crippen molar-refractivity contribution in [2.45, 2.75) is 32.7 Å². The summed E-state index contributed by atoms with van der Waals surface area (Å²) in [4.78, 5) is 32.9. The second kappa shape index (κ2) is 10.4. The van der Waals surface area contributed by atoms with Gasteiger partial charge in [0.2, 0.25) is 0 Å². The van der Waals surface area contributed by atoms with Gasteiger partial charge in [0, 0.05) is 10.6 Å². The fourth-order valence-corrected chi connectivity index (χ4v) is 5.54. The van der Waals surface area contributed by atoms with E-state index in [2.05, 4.69) is 13.0 Å². The molecule has 1 atom stereocenters. The van der Waals surface area contributed by atoms with Crippen LogP contribution in [0, 0.1) is 0 Å². The van der Waals surface area contributed by atoms with E-state index in [4.69, 9.17) is 21.3 Å². The van der Waals surface area contributed by atoms with E-state index in [1.165, 1.54) is 16.2 Å². The first-order valence-corrected chi connectivity index (χ1v) is 13.3. The summed E-state index contributed by atoms with van der Waals surface area (Å²) in [5, 5.41) is 12.2. The van der Waals surface area contributed by atoms with Crippen LogP contribution < -0.4 is 9.64 Å². The molecule has 5 rings (SSSR count). The number of halogens is 1. The van der Waals surface area contributed by atoms with Gasteiger partial charge in [-0.2, -0.15) is 0 Å². The highest BCUT2D eigenvalue weighted by atomic mass is 35.5. The largest absolute Gasteiger partial charge is 0.507 e. The second-order valence-electron chi connectivity index (χ2n) is 8.75. The van der Waals surface area contributed by atoms with Crippen molar-refractivity contribution in [2.75, 3.05) is 11.5 Å². The lowest BCUT2D eigenvalue weighted by Crippen LogP contribution is -2.29. The third kappa shape index (κ3) is 4.72. The van der Waals surface area contributed by atoms with Gasteiger partial charge in [0.25, 0.3) is 5.78 Å². The molecule has 188 valence electrons. The molecule has 2 heterocycles. The monoisotopic (exact) mass is 532 g/mol. The number of Topliss-reactive ketones (excluding diaryl/α,β-unsaturated/α-hetero) is 1. The molecule has 0 saturated carbocycles. The van der Waals surface area contributed by atoms with Gasteiger partial charge >= 0.3 is 5.91 Å². The van der Waals surface area contributed by atoms with Gasteiger partial charge < -0.3 is 9.84 Å². The van der Waals surface area contributed by atoms with Crippen molar-refractivity contribution in [3.05, 3.63) is 94.0 Å². The Hall–Kier alpha value is -3.68. The van der Waals surface area contributed by atoms with Crippen molar-refractivity contribution >= 4 is 55.7 Å². The molecule has 1 aliphatic rings. The number of hydrogen-bond donors (Lipinski definition) is 1. The highest BCUT2D eigenvalue weighted by molar-refractivity contribution is 7.22. The molecule has 1 fully saturated rings. The first-order valence-electron chi connectivity index (χ1n) is 12.1. The summed E-state index contributed by atoms with van der Waals surface area (Å²) in [5.74, 6) is -1.07. The highest BCUT2D eigenvalue weighted by Gasteiger charge is 2.48. The number of thiazole rings is 1. The number of aryl methyl sites for hydroxylation is 1. The molecular weight excluding hydrogens is 508 g/mol. The van der Waals surface area contributed by atoms with E-state index in [0.29, 0.717) is 33.6 Å². The number of hydrogen-bond acceptors (Lipinski definition) is 6. The van der Waals surface area contributed by atoms with Crippen molar-refractivity contribution in [3.8, 4) is 5.75 Å². The smallest absolute Gasteiger partial charge is 0.301 e. The molecule has 6 nitrogen and oxygen atoms in total. The molecule has 1 amide bonds. The average Bonchev–Trinajstić information content (AvgIpc) is 3.45. The number of benzene rings is 3. The molecule has 1 unspecified atom stereocenters. The molecule has 4 aromatic rings. The molecule has 0 bridgehead atoms. The minimum atomic E-state index is -0.859. The first-order chi connectivity index (χ1) is 17.9. The molecule has 37 heavy (non-hydrogen) atoms. The minimum Gasteiger partial charge on any atom is -0.507 e. The van der Waals surface area contributed by atoms with Crippen LogP contribution in [0.3, 0.4) is 0 Å². The fourth-order valence-electron chi connectivity index (χ4n) is 4.35. The first kappa shape index (κ1) is 25.0. The predicted octanol–water partition coefficient (Wildman–Crippen LogP) is 6.93. The number of carbonyl (C=O) groups is 2. The number of aromatic nitrogens is 1. The van der Waals surface area contributed by atoms with Gasteiger partial charge in [0.15, 0.2) is 5.13 Å². The maximum Gasteiger partial charge on any atom is 0.301 e. The van der Waals surface area contributed by atoms with Crippen molar-refractivity contribution in [1.29, 1.82) is 0 Å². The number of fused-ring (bicyclic) bond motifs is 1. The summed E-state index contributed by atoms with van der Waals surface area (Å²) < 4.78 is 6.64. The highest BCUT2D eigenvalue weighted by Crippen LogP contribution is 2.44. The minimum absolute atomic E-state index is 0.00283. The van der Waals surface area contributed by atoms with Gasteiger partial charge in [0.1, 0.15) is 11.5 Å². The number of aliphatic hydroxyl groups excluding tert-OH is 1. The van der Waals surface area contributed by atoms with E-state index in [9.17, 15) is 14.7 Å². The van der Waals surface area contributed by atoms with Crippen LogP contribution >= 0.6 is 22.9 Å². The Kier molecular flexibility index (Phi) is 7.00. The molecule has 0 aliphatic carbocycles. The van der Waals surface area contributed by atoms with E-state index < -0.39 is 17.7 Å². The van der Waals surface area contributed by atoms with Crippen molar-refractivity contribution in [1.82, 2.24) is 4.98 Å². The lowest BCUT2D eigenvalue weighted by Gasteiger charge is -2.23. The van der Waals surface area contributed by atoms with Crippen LogP contribution in [-0.4, -0.2) is 28.4 Å². The van der Waals surface area contributed by atoms with E-state index in [1.807, 2.05) is 31.2 Å². The normalized spacial score (nSPS) is 17.1. The zero-order valence-corrected chi connectivity index (χ0v) is 22.0. The van der Waals surface area contributed by atoms with Crippen LogP contribution in [-0.2, 0) is 16.0 Å². The number of ether oxygens (including phenoxy) is 1. The number of ketones is 1. The van der Waals surface area contributed by atoms with Gasteiger partial charge in [-0.15, -0.1) is 0 Å². The summed E-state index contributed by atoms with van der Waals surface area (Å²) in [7, 11) is 0. The third-order valence-corrected chi connectivity index (χ3v) is 7.56. The zero-order chi connectivity index (χ0) is 26.1. The van der Waals surface area contributed by atoms with E-state index in [1.54, 1.807) is 36.4 Å². The maximum atomic E-state index is 13.4. The summed E-state index contributed by atoms with van der Waals surface area (Å²) in [6.45, 7) is 4.69. The molecule has 1 N–H and O–H groups in total. The van der Waals surface area contributed by atoms with Gasteiger partial charge in [-0.1, -0.05) is 55.0 Å². The van der Waals surface area contributed by atoms with Crippen LogP contribution in [0.15, 0.2) is 72.3 Å². The lowest BCUT2D eigenvalue weighted by molar-refractivity contribution is -0.132. The number of nitrogens with zero attached hydrogens (tertiary/aromatic N) is 2. The number of aliphatic hydroxyl groups is 1. The van der Waals surface area contributed by atoms with Crippen molar-refractivity contribution in [3.63, 3.8) is 0 Å². The zero-order valence-electron chi connectivity index (χ0n) is 20.4. The SMILES string of the molecule is CCCOc1ccc(C2/C(=C(\O)c3ccc(Cl)cc3)C(=O)C(=O)N2c2nc3ccc(CC)cc3s2)cc1. The predicted molar refractivity (Wildman–Crippen MR) is 147 cm³/mol. The van der Waals surface area contributed by atoms with E-state index in [-0.39, 0.29) is 11.3 Å². The van der Waals surface area contributed by atoms with Crippen molar-refractivity contribution < 1.29 is 19.4 Å². The summed E-state index contributed by atoms with van der Waals surface area (Å²) >= 11 is 7.37. The molecule has 0 spiro atoms. The molecule has 1 saturated heterocycles. The molecule has 3 aromatic carbocycles. The van der Waals surface area contributed by atoms with Gasteiger partial charge in [-0.3, -0.25) is 14.5 Å². The van der Waals surface area contributed by atoms with Crippen LogP contribution in [0.5, 0.6) is 5.75 Å². The average molecular weight is 533 g/mol. The molecule has 1 aliphatic heterocycles. The molecule has 1 aromatic heterocycles. The Labute approximate surface area is 223 Å². The van der Waals surface area contributed by atoms with Crippen LogP contribution in [0.25, 0.3) is 16.0 Å². The lowest BCUT2D eigenvalue weighted by atomic mass is 9.95. The second-order valence-corrected chi connectivity index (χ2v) is 10.2. The summed E-state index contributed by atoms with van der Waals surface area (Å²) in [6.07, 6.45) is 1.75. The fraction of sp³-hybridized carbons (Fsp3) is 0.207. The van der Waals surface area contributed by atoms with E-state index in [0.717, 1.165) is 28.6 Å². The maximum absolute atomic E-state index is 13.4. The number of amides is 1. The molecule has 0 radical (unpaired) electrons. The van der Waals surface area contributed by atoms with Crippen LogP contribution in [0.2, 0.25) is 5.02 Å². The summed E-state index contributed by atoms with van der Waals surface area (Å²) in [5.41, 5.74) is 2.97. The Morgan fingerprint density at radius 2 is 1.78 bits per heavy atom. The van der Waals surface area contributed by atoms with E-state index >= 15 is 0 Å². The Balaban J connectivity index is 1.66. The van der Waals surface area contributed by atoms with Crippen LogP contribution in [0.1, 0.15) is 43.0 Å².